The molecule has 2 aliphatic rings. The van der Waals surface area contributed by atoms with Gasteiger partial charge in [0.15, 0.2) is 0 Å². The molecule has 1 saturated heterocycles. The Balaban J connectivity index is 1.89. The van der Waals surface area contributed by atoms with Crippen molar-refractivity contribution in [3.05, 3.63) is 42.5 Å². The minimum atomic E-state index is 0.127. The van der Waals surface area contributed by atoms with Crippen molar-refractivity contribution in [1.29, 1.82) is 0 Å². The molecule has 3 rings (SSSR count). The van der Waals surface area contributed by atoms with Gasteiger partial charge < -0.3 is 4.90 Å². The number of nitrogens with zero attached hydrogens (tertiary/aromatic N) is 1. The Labute approximate surface area is 115 Å². The predicted molar refractivity (Wildman–Crippen MR) is 78.0 cm³/mol. The molecule has 0 radical (unpaired) electrons. The minimum Gasteiger partial charge on any atom is -0.305 e. The maximum atomic E-state index is 12.4. The van der Waals surface area contributed by atoms with Gasteiger partial charge in [-0.3, -0.25) is 4.79 Å². The van der Waals surface area contributed by atoms with Gasteiger partial charge in [-0.05, 0) is 37.3 Å². The lowest BCUT2D eigenvalue weighted by Crippen LogP contribution is -2.39. The van der Waals surface area contributed by atoms with Gasteiger partial charge in [-0.15, -0.1) is 0 Å². The van der Waals surface area contributed by atoms with Gasteiger partial charge in [0.1, 0.15) is 0 Å². The highest BCUT2D eigenvalue weighted by Gasteiger charge is 2.39. The van der Waals surface area contributed by atoms with Crippen LogP contribution in [0.5, 0.6) is 0 Å². The number of hydrogen-bond donors (Lipinski definition) is 0. The molecule has 1 aliphatic heterocycles. The van der Waals surface area contributed by atoms with Crippen molar-refractivity contribution in [1.82, 2.24) is 0 Å². The van der Waals surface area contributed by atoms with Crippen molar-refractivity contribution in [3.63, 3.8) is 0 Å². The molecule has 1 heterocycles. The Hall–Kier alpha value is -1.57. The molecule has 0 N–H and O–H groups in total. The molecule has 2 fully saturated rings. The maximum absolute atomic E-state index is 12.4. The minimum absolute atomic E-state index is 0.127. The molecule has 1 saturated carbocycles. The topological polar surface area (TPSA) is 20.3 Å². The molecule has 1 amide bonds. The maximum Gasteiger partial charge on any atom is 0.253 e. The van der Waals surface area contributed by atoms with Crippen molar-refractivity contribution < 1.29 is 4.79 Å². The largest absolute Gasteiger partial charge is 0.305 e. The molecule has 1 atom stereocenters. The molecule has 19 heavy (non-hydrogen) atoms. The second-order valence-electron chi connectivity index (χ2n) is 5.78. The molecule has 0 spiro atoms. The zero-order valence-electron chi connectivity index (χ0n) is 11.3. The highest BCUT2D eigenvalue weighted by Crippen LogP contribution is 2.38. The van der Waals surface area contributed by atoms with Crippen molar-refractivity contribution >= 4 is 11.6 Å². The zero-order chi connectivity index (χ0) is 13.2. The normalized spacial score (nSPS) is 25.1. The molecule has 1 aromatic rings. The number of anilines is 1. The monoisotopic (exact) mass is 255 g/mol. The van der Waals surface area contributed by atoms with Crippen molar-refractivity contribution in [2.24, 2.45) is 5.92 Å². The van der Waals surface area contributed by atoms with Crippen LogP contribution in [0.2, 0.25) is 0 Å². The van der Waals surface area contributed by atoms with Crippen LogP contribution in [0.1, 0.15) is 38.5 Å². The number of para-hydroxylation sites is 1. The van der Waals surface area contributed by atoms with Crippen LogP contribution in [-0.4, -0.2) is 11.9 Å². The third-order valence-electron chi connectivity index (χ3n) is 4.54. The van der Waals surface area contributed by atoms with Crippen molar-refractivity contribution in [2.75, 3.05) is 4.90 Å². The molecule has 0 aromatic heterocycles. The van der Waals surface area contributed by atoms with E-state index in [1.807, 2.05) is 35.2 Å². The Morgan fingerprint density at radius 2 is 1.74 bits per heavy atom. The number of carbonyl (C=O) groups excluding carboxylic acids is 1. The summed E-state index contributed by atoms with van der Waals surface area (Å²) in [6.07, 6.45) is 7.33. The quantitative estimate of drug-likeness (QED) is 0.733. The van der Waals surface area contributed by atoms with Crippen LogP contribution in [0.25, 0.3) is 0 Å². The third kappa shape index (κ3) is 2.32. The third-order valence-corrected chi connectivity index (χ3v) is 4.54. The standard InChI is InChI=1S/C17H21NO/c1-13-12-16(14-8-4-2-5-9-14)18(17(13)19)15-10-6-3-7-11-15/h3,6-7,10-11,14,16H,1-2,4-5,8-9,12H2. The van der Waals surface area contributed by atoms with Gasteiger partial charge in [0.25, 0.3) is 5.91 Å². The van der Waals surface area contributed by atoms with Crippen LogP contribution in [0.4, 0.5) is 5.69 Å². The average molecular weight is 255 g/mol. The van der Waals surface area contributed by atoms with E-state index in [4.69, 9.17) is 0 Å². The summed E-state index contributed by atoms with van der Waals surface area (Å²) in [6, 6.07) is 10.4. The van der Waals surface area contributed by atoms with E-state index in [0.29, 0.717) is 12.0 Å². The lowest BCUT2D eigenvalue weighted by atomic mass is 9.82. The fraction of sp³-hybridized carbons (Fsp3) is 0.471. The summed E-state index contributed by atoms with van der Waals surface area (Å²) in [5.41, 5.74) is 1.81. The first-order chi connectivity index (χ1) is 9.27. The van der Waals surface area contributed by atoms with E-state index >= 15 is 0 Å². The molecule has 100 valence electrons. The van der Waals surface area contributed by atoms with Crippen LogP contribution in [0, 0.1) is 5.92 Å². The second-order valence-corrected chi connectivity index (χ2v) is 5.78. The smallest absolute Gasteiger partial charge is 0.253 e. The van der Waals surface area contributed by atoms with Crippen LogP contribution in [0.15, 0.2) is 42.5 Å². The van der Waals surface area contributed by atoms with Gasteiger partial charge in [0.05, 0.1) is 0 Å². The van der Waals surface area contributed by atoms with Gasteiger partial charge in [-0.25, -0.2) is 0 Å². The molecule has 1 unspecified atom stereocenters. The molecule has 1 aliphatic carbocycles. The second kappa shape index (κ2) is 5.20. The highest BCUT2D eigenvalue weighted by molar-refractivity contribution is 6.08. The lowest BCUT2D eigenvalue weighted by molar-refractivity contribution is -0.114. The van der Waals surface area contributed by atoms with Crippen LogP contribution >= 0.6 is 0 Å². The van der Waals surface area contributed by atoms with E-state index < -0.39 is 0 Å². The molecule has 1 aromatic carbocycles. The Bertz CT molecular complexity index is 473. The SMILES string of the molecule is C=C1CC(C2CCCCC2)N(c2ccccc2)C1=O. The van der Waals surface area contributed by atoms with E-state index in [2.05, 4.69) is 6.58 Å². The van der Waals surface area contributed by atoms with Crippen LogP contribution in [0.3, 0.4) is 0 Å². The van der Waals surface area contributed by atoms with Crippen molar-refractivity contribution in [2.45, 2.75) is 44.6 Å². The Morgan fingerprint density at radius 1 is 1.05 bits per heavy atom. The van der Waals surface area contributed by atoms with Gasteiger partial charge in [-0.1, -0.05) is 44.0 Å². The lowest BCUT2D eigenvalue weighted by Gasteiger charge is -2.33. The summed E-state index contributed by atoms with van der Waals surface area (Å²) in [5, 5.41) is 0. The summed E-state index contributed by atoms with van der Waals surface area (Å²) >= 11 is 0. The summed E-state index contributed by atoms with van der Waals surface area (Å²) < 4.78 is 0. The number of hydrogen-bond acceptors (Lipinski definition) is 1. The summed E-state index contributed by atoms with van der Waals surface area (Å²) in [5.74, 6) is 0.777. The summed E-state index contributed by atoms with van der Waals surface area (Å²) in [6.45, 7) is 3.96. The van der Waals surface area contributed by atoms with Crippen LogP contribution in [-0.2, 0) is 4.79 Å². The van der Waals surface area contributed by atoms with Crippen LogP contribution < -0.4 is 4.90 Å². The predicted octanol–water partition coefficient (Wildman–Crippen LogP) is 3.93. The molecular weight excluding hydrogens is 234 g/mol. The Morgan fingerprint density at radius 3 is 2.42 bits per heavy atom. The first kappa shape index (κ1) is 12.5. The van der Waals surface area contributed by atoms with E-state index in [1.54, 1.807) is 0 Å². The van der Waals surface area contributed by atoms with Gasteiger partial charge in [0, 0.05) is 17.3 Å². The van der Waals surface area contributed by atoms with Gasteiger partial charge >= 0.3 is 0 Å². The number of benzene rings is 1. The van der Waals surface area contributed by atoms with E-state index in [0.717, 1.165) is 17.7 Å². The van der Waals surface area contributed by atoms with E-state index in [-0.39, 0.29) is 5.91 Å². The van der Waals surface area contributed by atoms with Gasteiger partial charge in [0.2, 0.25) is 0 Å². The van der Waals surface area contributed by atoms with E-state index in [1.165, 1.54) is 32.1 Å². The number of amides is 1. The average Bonchev–Trinajstić information content (AvgIpc) is 2.77. The highest BCUT2D eigenvalue weighted by atomic mass is 16.2. The summed E-state index contributed by atoms with van der Waals surface area (Å²) in [7, 11) is 0. The molecule has 2 heteroatoms. The molecule has 2 nitrogen and oxygen atoms in total. The number of rotatable bonds is 2. The summed E-state index contributed by atoms with van der Waals surface area (Å²) in [4.78, 5) is 14.4. The van der Waals surface area contributed by atoms with Gasteiger partial charge in [-0.2, -0.15) is 0 Å². The molecular formula is C17H21NO. The van der Waals surface area contributed by atoms with Crippen molar-refractivity contribution in [3.8, 4) is 0 Å². The fourth-order valence-electron chi connectivity index (χ4n) is 3.55. The van der Waals surface area contributed by atoms with E-state index in [9.17, 15) is 4.79 Å². The molecule has 0 bridgehead atoms. The fourth-order valence-corrected chi connectivity index (χ4v) is 3.55. The number of carbonyl (C=O) groups is 1. The zero-order valence-corrected chi connectivity index (χ0v) is 11.3. The Kier molecular flexibility index (Phi) is 3.41. The first-order valence-electron chi connectivity index (χ1n) is 7.34. The first-order valence-corrected chi connectivity index (χ1v) is 7.34.